The van der Waals surface area contributed by atoms with Crippen molar-refractivity contribution in [2.45, 2.75) is 125 Å². The molecule has 156 valence electrons. The summed E-state index contributed by atoms with van der Waals surface area (Å²) in [6.07, 6.45) is 17.3. The third-order valence-corrected chi connectivity index (χ3v) is 6.65. The summed E-state index contributed by atoms with van der Waals surface area (Å²) >= 11 is 0. The lowest BCUT2D eigenvalue weighted by molar-refractivity contribution is -0.138. The summed E-state index contributed by atoms with van der Waals surface area (Å²) in [7, 11) is 0. The van der Waals surface area contributed by atoms with Crippen LogP contribution in [0.3, 0.4) is 0 Å². The first-order valence-electron chi connectivity index (χ1n) is 11.7. The Morgan fingerprint density at radius 1 is 0.654 bits per heavy atom. The summed E-state index contributed by atoms with van der Waals surface area (Å²) in [5.74, 6) is 2.40. The molecule has 0 aliphatic rings. The third kappa shape index (κ3) is 13.6. The van der Waals surface area contributed by atoms with E-state index in [9.17, 15) is 4.79 Å². The number of aliphatic carboxylic acids is 1. The zero-order valence-electron chi connectivity index (χ0n) is 18.6. The van der Waals surface area contributed by atoms with Gasteiger partial charge in [0.15, 0.2) is 0 Å². The van der Waals surface area contributed by atoms with Crippen LogP contribution in [0.1, 0.15) is 125 Å². The molecular formula is C24H48O2. The van der Waals surface area contributed by atoms with Crippen LogP contribution in [-0.4, -0.2) is 11.1 Å². The topological polar surface area (TPSA) is 37.3 Å². The van der Waals surface area contributed by atoms with Crippen LogP contribution in [0.25, 0.3) is 0 Å². The van der Waals surface area contributed by atoms with Gasteiger partial charge >= 0.3 is 5.97 Å². The van der Waals surface area contributed by atoms with E-state index in [0.717, 1.165) is 30.6 Å². The molecule has 0 aromatic carbocycles. The van der Waals surface area contributed by atoms with Gasteiger partial charge < -0.3 is 5.11 Å². The van der Waals surface area contributed by atoms with Crippen LogP contribution < -0.4 is 0 Å². The van der Waals surface area contributed by atoms with Crippen molar-refractivity contribution < 1.29 is 9.90 Å². The van der Waals surface area contributed by atoms with Gasteiger partial charge in [0.05, 0.1) is 0 Å². The molecule has 0 saturated carbocycles. The highest BCUT2D eigenvalue weighted by Crippen LogP contribution is 2.27. The van der Waals surface area contributed by atoms with Crippen molar-refractivity contribution in [1.82, 2.24) is 0 Å². The molecule has 2 nitrogen and oxygen atoms in total. The Kier molecular flexibility index (Phi) is 16.3. The normalized spacial score (nSPS) is 16.2. The number of carboxylic acids is 1. The molecular weight excluding hydrogens is 320 g/mol. The minimum absolute atomic E-state index is 0.349. The molecule has 0 amide bonds. The van der Waals surface area contributed by atoms with Crippen molar-refractivity contribution in [2.75, 3.05) is 0 Å². The molecule has 0 aromatic heterocycles. The van der Waals surface area contributed by atoms with Crippen LogP contribution in [0.5, 0.6) is 0 Å². The van der Waals surface area contributed by atoms with Gasteiger partial charge in [-0.3, -0.25) is 4.79 Å². The first kappa shape index (κ1) is 25.5. The molecule has 0 spiro atoms. The molecule has 4 unspecified atom stereocenters. The number of carbonyl (C=O) groups is 1. The second-order valence-electron chi connectivity index (χ2n) is 8.73. The summed E-state index contributed by atoms with van der Waals surface area (Å²) in [6.45, 7) is 11.5. The van der Waals surface area contributed by atoms with Crippen molar-refractivity contribution >= 4 is 5.97 Å². The van der Waals surface area contributed by atoms with E-state index in [4.69, 9.17) is 5.11 Å². The van der Waals surface area contributed by atoms with Crippen molar-refractivity contribution in [3.63, 3.8) is 0 Å². The molecule has 1 N–H and O–H groups in total. The summed E-state index contributed by atoms with van der Waals surface area (Å²) < 4.78 is 0. The number of carboxylic acid groups (broad SMARTS) is 1. The Labute approximate surface area is 164 Å². The highest BCUT2D eigenvalue weighted by molar-refractivity contribution is 5.66. The average molecular weight is 369 g/mol. The van der Waals surface area contributed by atoms with Gasteiger partial charge in [-0.1, -0.05) is 112 Å². The van der Waals surface area contributed by atoms with Crippen molar-refractivity contribution in [3.8, 4) is 0 Å². The molecule has 0 rings (SSSR count). The number of hydrogen-bond donors (Lipinski definition) is 1. The lowest BCUT2D eigenvalue weighted by atomic mass is 9.86. The first-order valence-corrected chi connectivity index (χ1v) is 11.7. The predicted octanol–water partition coefficient (Wildman–Crippen LogP) is 8.10. The largest absolute Gasteiger partial charge is 0.481 e. The fraction of sp³-hybridized carbons (Fsp3) is 0.958. The van der Waals surface area contributed by atoms with Gasteiger partial charge in [0.1, 0.15) is 0 Å². The maximum Gasteiger partial charge on any atom is 0.303 e. The Bertz CT molecular complexity index is 326. The minimum Gasteiger partial charge on any atom is -0.481 e. The smallest absolute Gasteiger partial charge is 0.303 e. The second kappa shape index (κ2) is 16.6. The van der Waals surface area contributed by atoms with Gasteiger partial charge in [-0.05, 0) is 30.1 Å². The average Bonchev–Trinajstić information content (AvgIpc) is 2.63. The van der Waals surface area contributed by atoms with E-state index in [1.54, 1.807) is 0 Å². The fourth-order valence-electron chi connectivity index (χ4n) is 4.15. The van der Waals surface area contributed by atoms with Crippen LogP contribution in [-0.2, 0) is 4.79 Å². The van der Waals surface area contributed by atoms with Crippen LogP contribution in [0.4, 0.5) is 0 Å². The van der Waals surface area contributed by atoms with E-state index in [1.165, 1.54) is 70.6 Å². The number of rotatable bonds is 18. The molecule has 0 saturated heterocycles. The third-order valence-electron chi connectivity index (χ3n) is 6.65. The van der Waals surface area contributed by atoms with Crippen LogP contribution in [0, 0.1) is 23.7 Å². The number of hydrogen-bond acceptors (Lipinski definition) is 1. The van der Waals surface area contributed by atoms with Crippen molar-refractivity contribution in [2.24, 2.45) is 23.7 Å². The van der Waals surface area contributed by atoms with Gasteiger partial charge in [0.25, 0.3) is 0 Å². The molecule has 0 fully saturated rings. The Morgan fingerprint density at radius 3 is 1.38 bits per heavy atom. The molecule has 0 aromatic rings. The van der Waals surface area contributed by atoms with E-state index < -0.39 is 5.97 Å². The maximum absolute atomic E-state index is 10.9. The minimum atomic E-state index is -0.636. The van der Waals surface area contributed by atoms with Gasteiger partial charge in [-0.25, -0.2) is 0 Å². The summed E-state index contributed by atoms with van der Waals surface area (Å²) in [6, 6.07) is 0. The van der Waals surface area contributed by atoms with Crippen LogP contribution >= 0.6 is 0 Å². The van der Waals surface area contributed by atoms with Crippen LogP contribution in [0.15, 0.2) is 0 Å². The molecule has 0 radical (unpaired) electrons. The van der Waals surface area contributed by atoms with Gasteiger partial charge in [-0.15, -0.1) is 0 Å². The van der Waals surface area contributed by atoms with Crippen LogP contribution in [0.2, 0.25) is 0 Å². The summed E-state index contributed by atoms with van der Waals surface area (Å²) in [4.78, 5) is 10.9. The lowest BCUT2D eigenvalue weighted by Crippen LogP contribution is -2.08. The zero-order chi connectivity index (χ0) is 19.8. The van der Waals surface area contributed by atoms with E-state index in [0.29, 0.717) is 12.3 Å². The molecule has 0 aliphatic carbocycles. The van der Waals surface area contributed by atoms with E-state index in [2.05, 4.69) is 34.6 Å². The fourth-order valence-corrected chi connectivity index (χ4v) is 4.15. The standard InChI is InChI=1S/C24H48O2/c1-6-20(5)13-10-14-21(7-2)15-11-16-22(8-3)17-12-18-23(9-4)19-24(25)26/h20-23H,6-19H2,1-5H3,(H,25,26). The molecule has 4 atom stereocenters. The highest BCUT2D eigenvalue weighted by atomic mass is 16.4. The second-order valence-corrected chi connectivity index (χ2v) is 8.73. The first-order chi connectivity index (χ1) is 12.5. The predicted molar refractivity (Wildman–Crippen MR) is 115 cm³/mol. The Balaban J connectivity index is 3.95. The van der Waals surface area contributed by atoms with E-state index >= 15 is 0 Å². The quantitative estimate of drug-likeness (QED) is 0.265. The molecule has 2 heteroatoms. The monoisotopic (exact) mass is 368 g/mol. The van der Waals surface area contributed by atoms with E-state index in [-0.39, 0.29) is 0 Å². The van der Waals surface area contributed by atoms with Gasteiger partial charge in [0, 0.05) is 6.42 Å². The summed E-state index contributed by atoms with van der Waals surface area (Å²) in [5, 5.41) is 8.97. The van der Waals surface area contributed by atoms with Crippen molar-refractivity contribution in [1.29, 1.82) is 0 Å². The van der Waals surface area contributed by atoms with E-state index in [1.807, 2.05) is 0 Å². The Morgan fingerprint density at radius 2 is 1.04 bits per heavy atom. The molecule has 0 heterocycles. The van der Waals surface area contributed by atoms with Gasteiger partial charge in [0.2, 0.25) is 0 Å². The summed E-state index contributed by atoms with van der Waals surface area (Å²) in [5.41, 5.74) is 0. The van der Waals surface area contributed by atoms with Gasteiger partial charge in [-0.2, -0.15) is 0 Å². The molecule has 0 aliphatic heterocycles. The Hall–Kier alpha value is -0.530. The highest BCUT2D eigenvalue weighted by Gasteiger charge is 2.14. The molecule has 26 heavy (non-hydrogen) atoms. The zero-order valence-corrected chi connectivity index (χ0v) is 18.6. The SMILES string of the molecule is CCC(C)CCCC(CC)CCCC(CC)CCCC(CC)CC(=O)O. The maximum atomic E-state index is 10.9. The lowest BCUT2D eigenvalue weighted by Gasteiger charge is -2.20. The van der Waals surface area contributed by atoms with Crippen molar-refractivity contribution in [3.05, 3.63) is 0 Å². The molecule has 0 bridgehead atoms.